The summed E-state index contributed by atoms with van der Waals surface area (Å²) in [4.78, 5) is 18.3. The van der Waals surface area contributed by atoms with E-state index in [2.05, 4.69) is 15.3 Å². The van der Waals surface area contributed by atoms with Crippen LogP contribution in [0.4, 0.5) is 11.5 Å². The maximum atomic E-state index is 11.1. The zero-order valence-electron chi connectivity index (χ0n) is 11.1. The lowest BCUT2D eigenvalue weighted by molar-refractivity contribution is -0.385. The number of nitrogens with one attached hydrogen (secondary N) is 1. The van der Waals surface area contributed by atoms with Crippen LogP contribution in [0.15, 0.2) is 6.33 Å². The standard InChI is InChI=1S/C11H18N4O3/c1-5-6-12-9-8(15(16)17)10(14-7-13-9)18-11(2,3)4/h7H,5-6H2,1-4H3,(H,12,13,14). The summed E-state index contributed by atoms with van der Waals surface area (Å²) in [6.07, 6.45) is 2.10. The Hall–Kier alpha value is -1.92. The number of anilines is 1. The molecule has 7 nitrogen and oxygen atoms in total. The highest BCUT2D eigenvalue weighted by Crippen LogP contribution is 2.32. The number of hydrogen-bond donors (Lipinski definition) is 1. The van der Waals surface area contributed by atoms with Gasteiger partial charge in [0, 0.05) is 6.54 Å². The summed E-state index contributed by atoms with van der Waals surface area (Å²) in [5.74, 6) is 0.178. The van der Waals surface area contributed by atoms with E-state index < -0.39 is 10.5 Å². The Bertz CT molecular complexity index is 429. The summed E-state index contributed by atoms with van der Waals surface area (Å²) in [5.41, 5.74) is -0.776. The van der Waals surface area contributed by atoms with Crippen molar-refractivity contribution in [2.45, 2.75) is 39.7 Å². The van der Waals surface area contributed by atoms with Gasteiger partial charge in [0.2, 0.25) is 5.82 Å². The van der Waals surface area contributed by atoms with E-state index in [4.69, 9.17) is 4.74 Å². The topological polar surface area (TPSA) is 90.2 Å². The molecule has 0 aliphatic heterocycles. The highest BCUT2D eigenvalue weighted by molar-refractivity contribution is 5.61. The first-order valence-corrected chi connectivity index (χ1v) is 5.77. The van der Waals surface area contributed by atoms with Crippen molar-refractivity contribution in [2.75, 3.05) is 11.9 Å². The van der Waals surface area contributed by atoms with Gasteiger partial charge in [0.15, 0.2) is 0 Å². The lowest BCUT2D eigenvalue weighted by Crippen LogP contribution is -2.24. The van der Waals surface area contributed by atoms with Crippen molar-refractivity contribution in [1.82, 2.24) is 9.97 Å². The van der Waals surface area contributed by atoms with Crippen LogP contribution in [0.2, 0.25) is 0 Å². The van der Waals surface area contributed by atoms with Crippen LogP contribution in [0.1, 0.15) is 34.1 Å². The van der Waals surface area contributed by atoms with Crippen molar-refractivity contribution in [1.29, 1.82) is 0 Å². The number of ether oxygens (including phenoxy) is 1. The quantitative estimate of drug-likeness (QED) is 0.640. The van der Waals surface area contributed by atoms with Gasteiger partial charge in [0.25, 0.3) is 5.88 Å². The summed E-state index contributed by atoms with van der Waals surface area (Å²) in [6.45, 7) is 7.98. The number of nitro groups is 1. The average Bonchev–Trinajstić information content (AvgIpc) is 2.23. The fraction of sp³-hybridized carbons (Fsp3) is 0.636. The Morgan fingerprint density at radius 3 is 2.61 bits per heavy atom. The highest BCUT2D eigenvalue weighted by atomic mass is 16.6. The minimum absolute atomic E-state index is 0.0129. The molecule has 0 unspecified atom stereocenters. The van der Waals surface area contributed by atoms with E-state index in [1.165, 1.54) is 6.33 Å². The van der Waals surface area contributed by atoms with Crippen LogP contribution in [-0.2, 0) is 0 Å². The van der Waals surface area contributed by atoms with Crippen molar-refractivity contribution < 1.29 is 9.66 Å². The van der Waals surface area contributed by atoms with Crippen LogP contribution in [0.25, 0.3) is 0 Å². The Balaban J connectivity index is 3.13. The second kappa shape index (κ2) is 5.61. The van der Waals surface area contributed by atoms with Gasteiger partial charge in [-0.05, 0) is 27.2 Å². The molecule has 18 heavy (non-hydrogen) atoms. The van der Waals surface area contributed by atoms with E-state index in [1.54, 1.807) is 20.8 Å². The fourth-order valence-corrected chi connectivity index (χ4v) is 1.26. The molecular weight excluding hydrogens is 236 g/mol. The summed E-state index contributed by atoms with van der Waals surface area (Å²) in [6, 6.07) is 0. The fourth-order valence-electron chi connectivity index (χ4n) is 1.26. The molecule has 1 aromatic heterocycles. The van der Waals surface area contributed by atoms with Crippen LogP contribution < -0.4 is 10.1 Å². The van der Waals surface area contributed by atoms with Crippen LogP contribution >= 0.6 is 0 Å². The third kappa shape index (κ3) is 3.83. The molecule has 0 radical (unpaired) electrons. The molecule has 0 saturated carbocycles. The first kappa shape index (κ1) is 14.1. The normalized spacial score (nSPS) is 11.1. The molecule has 1 N–H and O–H groups in total. The zero-order valence-corrected chi connectivity index (χ0v) is 11.1. The van der Waals surface area contributed by atoms with Gasteiger partial charge in [-0.2, -0.15) is 4.98 Å². The lowest BCUT2D eigenvalue weighted by Gasteiger charge is -2.20. The monoisotopic (exact) mass is 254 g/mol. The lowest BCUT2D eigenvalue weighted by atomic mass is 10.2. The van der Waals surface area contributed by atoms with Crippen molar-refractivity contribution in [3.8, 4) is 5.88 Å². The van der Waals surface area contributed by atoms with Gasteiger partial charge in [0.05, 0.1) is 4.92 Å². The highest BCUT2D eigenvalue weighted by Gasteiger charge is 2.27. The van der Waals surface area contributed by atoms with Gasteiger partial charge in [-0.3, -0.25) is 10.1 Å². The van der Waals surface area contributed by atoms with Crippen LogP contribution in [-0.4, -0.2) is 27.0 Å². The van der Waals surface area contributed by atoms with E-state index in [1.807, 2.05) is 6.92 Å². The van der Waals surface area contributed by atoms with E-state index in [-0.39, 0.29) is 17.4 Å². The molecule has 7 heteroatoms. The second-order valence-electron chi connectivity index (χ2n) is 4.77. The average molecular weight is 254 g/mol. The first-order valence-electron chi connectivity index (χ1n) is 5.77. The van der Waals surface area contributed by atoms with E-state index in [0.29, 0.717) is 6.54 Å². The zero-order chi connectivity index (χ0) is 13.8. The third-order valence-corrected chi connectivity index (χ3v) is 1.92. The molecule has 0 amide bonds. The van der Waals surface area contributed by atoms with Crippen LogP contribution in [0.5, 0.6) is 5.88 Å². The minimum Gasteiger partial charge on any atom is -0.467 e. The second-order valence-corrected chi connectivity index (χ2v) is 4.77. The number of hydrogen-bond acceptors (Lipinski definition) is 6. The molecule has 0 spiro atoms. The molecule has 1 heterocycles. The van der Waals surface area contributed by atoms with Crippen molar-refractivity contribution in [2.24, 2.45) is 0 Å². The Morgan fingerprint density at radius 1 is 1.44 bits per heavy atom. The van der Waals surface area contributed by atoms with Gasteiger partial charge in [-0.25, -0.2) is 4.98 Å². The Kier molecular flexibility index (Phi) is 4.41. The summed E-state index contributed by atoms with van der Waals surface area (Å²) in [5, 5.41) is 14.0. The molecule has 100 valence electrons. The molecular formula is C11H18N4O3. The number of rotatable bonds is 5. The molecule has 0 fully saturated rings. The molecule has 0 bridgehead atoms. The van der Waals surface area contributed by atoms with Crippen molar-refractivity contribution >= 4 is 11.5 Å². The number of nitrogens with zero attached hydrogens (tertiary/aromatic N) is 3. The molecule has 0 aromatic carbocycles. The molecule has 1 aromatic rings. The largest absolute Gasteiger partial charge is 0.467 e. The minimum atomic E-state index is -0.554. The van der Waals surface area contributed by atoms with Crippen LogP contribution in [0, 0.1) is 10.1 Å². The first-order chi connectivity index (χ1) is 8.35. The Labute approximate surface area is 106 Å². The van der Waals surface area contributed by atoms with Gasteiger partial charge in [-0.1, -0.05) is 6.92 Å². The van der Waals surface area contributed by atoms with E-state index in [0.717, 1.165) is 6.42 Å². The van der Waals surface area contributed by atoms with E-state index in [9.17, 15) is 10.1 Å². The van der Waals surface area contributed by atoms with Gasteiger partial charge in [0.1, 0.15) is 11.9 Å². The maximum absolute atomic E-state index is 11.1. The summed E-state index contributed by atoms with van der Waals surface area (Å²) in [7, 11) is 0. The third-order valence-electron chi connectivity index (χ3n) is 1.92. The van der Waals surface area contributed by atoms with Gasteiger partial charge in [-0.15, -0.1) is 0 Å². The summed E-state index contributed by atoms with van der Waals surface area (Å²) < 4.78 is 5.48. The SMILES string of the molecule is CCCNc1ncnc(OC(C)(C)C)c1[N+](=O)[O-]. The van der Waals surface area contributed by atoms with Crippen LogP contribution in [0.3, 0.4) is 0 Å². The number of aromatic nitrogens is 2. The molecule has 0 aliphatic carbocycles. The van der Waals surface area contributed by atoms with Gasteiger partial charge < -0.3 is 10.1 Å². The molecule has 0 atom stereocenters. The van der Waals surface area contributed by atoms with Gasteiger partial charge >= 0.3 is 5.69 Å². The molecule has 0 saturated heterocycles. The molecule has 1 rings (SSSR count). The predicted molar refractivity (Wildman–Crippen MR) is 67.8 cm³/mol. The van der Waals surface area contributed by atoms with Crippen molar-refractivity contribution in [3.63, 3.8) is 0 Å². The smallest absolute Gasteiger partial charge is 0.372 e. The van der Waals surface area contributed by atoms with Crippen molar-refractivity contribution in [3.05, 3.63) is 16.4 Å². The van der Waals surface area contributed by atoms with E-state index >= 15 is 0 Å². The molecule has 0 aliphatic rings. The Morgan fingerprint density at radius 2 is 2.11 bits per heavy atom. The predicted octanol–water partition coefficient (Wildman–Crippen LogP) is 2.38. The maximum Gasteiger partial charge on any atom is 0.372 e. The summed E-state index contributed by atoms with van der Waals surface area (Å²) >= 11 is 0.